The van der Waals surface area contributed by atoms with E-state index in [2.05, 4.69) is 32.7 Å². The lowest BCUT2D eigenvalue weighted by Gasteiger charge is -2.32. The number of pyridine rings is 1. The molecule has 6 heteroatoms. The summed E-state index contributed by atoms with van der Waals surface area (Å²) in [5, 5.41) is 3.66. The molecule has 0 unspecified atom stereocenters. The van der Waals surface area contributed by atoms with Gasteiger partial charge in [0.1, 0.15) is 5.65 Å². The molecule has 3 heterocycles. The maximum Gasteiger partial charge on any atom is 0.159 e. The maximum absolute atomic E-state index is 13.4. The maximum atomic E-state index is 13.4. The van der Waals surface area contributed by atoms with E-state index >= 15 is 0 Å². The number of nitrogens with one attached hydrogen (secondary N) is 1. The fraction of sp³-hybridized carbons (Fsp3) is 0.381. The lowest BCUT2D eigenvalue weighted by atomic mass is 10.0. The molecule has 1 N–H and O–H groups in total. The zero-order valence-electron chi connectivity index (χ0n) is 15.5. The van der Waals surface area contributed by atoms with E-state index in [0.29, 0.717) is 12.6 Å². The van der Waals surface area contributed by atoms with Crippen LogP contribution in [-0.2, 0) is 13.1 Å². The lowest BCUT2D eigenvalue weighted by molar-refractivity contribution is 0.189. The Morgan fingerprint density at radius 3 is 2.70 bits per heavy atom. The first-order chi connectivity index (χ1) is 13.1. The van der Waals surface area contributed by atoms with Gasteiger partial charge in [0, 0.05) is 25.3 Å². The second-order valence-electron chi connectivity index (χ2n) is 7.25. The highest BCUT2D eigenvalue weighted by Gasteiger charge is 2.20. The number of piperidine rings is 1. The molecule has 0 amide bonds. The van der Waals surface area contributed by atoms with Crippen LogP contribution in [0.2, 0.25) is 0 Å². The molecule has 1 aliphatic rings. The second-order valence-corrected chi connectivity index (χ2v) is 7.25. The summed E-state index contributed by atoms with van der Waals surface area (Å²) in [7, 11) is 0. The number of imidazole rings is 1. The molecule has 2 aromatic heterocycles. The minimum Gasteiger partial charge on any atom is -0.308 e. The van der Waals surface area contributed by atoms with E-state index in [9.17, 15) is 8.78 Å². The van der Waals surface area contributed by atoms with Crippen LogP contribution in [0.25, 0.3) is 5.65 Å². The largest absolute Gasteiger partial charge is 0.308 e. The minimum absolute atomic E-state index is 0.458. The van der Waals surface area contributed by atoms with Crippen molar-refractivity contribution >= 4 is 5.65 Å². The van der Waals surface area contributed by atoms with Crippen LogP contribution in [0, 0.1) is 18.6 Å². The molecule has 1 aromatic carbocycles. The Labute approximate surface area is 157 Å². The third kappa shape index (κ3) is 4.01. The van der Waals surface area contributed by atoms with Crippen LogP contribution in [-0.4, -0.2) is 33.4 Å². The average Bonchev–Trinajstić information content (AvgIpc) is 2.99. The van der Waals surface area contributed by atoms with Gasteiger partial charge in [-0.15, -0.1) is 0 Å². The summed E-state index contributed by atoms with van der Waals surface area (Å²) in [6.07, 6.45) is 4.13. The van der Waals surface area contributed by atoms with Gasteiger partial charge < -0.3 is 9.72 Å². The van der Waals surface area contributed by atoms with Gasteiger partial charge in [-0.25, -0.2) is 13.8 Å². The Kier molecular flexibility index (Phi) is 5.18. The molecule has 4 nitrogen and oxygen atoms in total. The standard InChI is InChI=1S/C21H24F2N4/c1-15-20(27-9-3-2-4-21(27)25-15)13-24-17-7-10-26(11-8-17)14-16-5-6-18(22)19(23)12-16/h2-6,9,12,17,24H,7-8,10-11,13-14H2,1H3. The van der Waals surface area contributed by atoms with Gasteiger partial charge in [-0.1, -0.05) is 12.1 Å². The molecule has 0 saturated carbocycles. The van der Waals surface area contributed by atoms with Gasteiger partial charge >= 0.3 is 0 Å². The molecule has 0 bridgehead atoms. The van der Waals surface area contributed by atoms with E-state index in [4.69, 9.17) is 0 Å². The third-order valence-corrected chi connectivity index (χ3v) is 5.37. The number of hydrogen-bond donors (Lipinski definition) is 1. The Morgan fingerprint density at radius 2 is 1.93 bits per heavy atom. The molecule has 1 aliphatic heterocycles. The Hall–Kier alpha value is -2.31. The normalized spacial score (nSPS) is 16.3. The first-order valence-electron chi connectivity index (χ1n) is 9.42. The zero-order chi connectivity index (χ0) is 18.8. The number of halogens is 2. The van der Waals surface area contributed by atoms with Crippen molar-refractivity contribution in [2.75, 3.05) is 13.1 Å². The summed E-state index contributed by atoms with van der Waals surface area (Å²) in [5.74, 6) is -1.56. The fourth-order valence-corrected chi connectivity index (χ4v) is 3.81. The molecule has 0 spiro atoms. The van der Waals surface area contributed by atoms with E-state index in [1.165, 1.54) is 17.8 Å². The van der Waals surface area contributed by atoms with Gasteiger partial charge in [0.25, 0.3) is 0 Å². The van der Waals surface area contributed by atoms with Crippen molar-refractivity contribution in [1.29, 1.82) is 0 Å². The van der Waals surface area contributed by atoms with Gasteiger partial charge in [0.05, 0.1) is 11.4 Å². The quantitative estimate of drug-likeness (QED) is 0.744. The number of rotatable bonds is 5. The predicted octanol–water partition coefficient (Wildman–Crippen LogP) is 3.68. The van der Waals surface area contributed by atoms with Crippen LogP contribution in [0.3, 0.4) is 0 Å². The Morgan fingerprint density at radius 1 is 1.11 bits per heavy atom. The minimum atomic E-state index is -0.788. The van der Waals surface area contributed by atoms with Gasteiger partial charge in [-0.3, -0.25) is 4.90 Å². The highest BCUT2D eigenvalue weighted by molar-refractivity contribution is 5.42. The van der Waals surface area contributed by atoms with Crippen molar-refractivity contribution in [2.24, 2.45) is 0 Å². The van der Waals surface area contributed by atoms with E-state index < -0.39 is 11.6 Å². The molecule has 0 atom stereocenters. The Bertz CT molecular complexity index is 929. The smallest absolute Gasteiger partial charge is 0.159 e. The van der Waals surface area contributed by atoms with Gasteiger partial charge in [0.15, 0.2) is 11.6 Å². The highest BCUT2D eigenvalue weighted by Crippen LogP contribution is 2.17. The van der Waals surface area contributed by atoms with E-state index in [1.807, 2.05) is 18.2 Å². The molecule has 1 fully saturated rings. The monoisotopic (exact) mass is 370 g/mol. The summed E-state index contributed by atoms with van der Waals surface area (Å²) in [6.45, 7) is 5.40. The van der Waals surface area contributed by atoms with Gasteiger partial charge in [0.2, 0.25) is 0 Å². The number of hydrogen-bond acceptors (Lipinski definition) is 3. The number of benzene rings is 1. The molecule has 27 heavy (non-hydrogen) atoms. The second kappa shape index (κ2) is 7.74. The molecule has 1 saturated heterocycles. The van der Waals surface area contributed by atoms with Crippen molar-refractivity contribution < 1.29 is 8.78 Å². The number of aryl methyl sites for hydroxylation is 1. The lowest BCUT2D eigenvalue weighted by Crippen LogP contribution is -2.42. The highest BCUT2D eigenvalue weighted by atomic mass is 19.2. The van der Waals surface area contributed by atoms with E-state index in [0.717, 1.165) is 49.4 Å². The fourth-order valence-electron chi connectivity index (χ4n) is 3.81. The van der Waals surface area contributed by atoms with Crippen LogP contribution in [0.4, 0.5) is 8.78 Å². The Balaban J connectivity index is 1.30. The SMILES string of the molecule is Cc1nc2ccccn2c1CNC1CCN(Cc2ccc(F)c(F)c2)CC1. The molecule has 0 radical (unpaired) electrons. The zero-order valence-corrected chi connectivity index (χ0v) is 15.5. The number of nitrogens with zero attached hydrogens (tertiary/aromatic N) is 3. The average molecular weight is 370 g/mol. The summed E-state index contributed by atoms with van der Waals surface area (Å²) in [4.78, 5) is 6.90. The van der Waals surface area contributed by atoms with Crippen LogP contribution in [0.15, 0.2) is 42.6 Å². The van der Waals surface area contributed by atoms with Gasteiger partial charge in [-0.05, 0) is 62.7 Å². The molecule has 142 valence electrons. The van der Waals surface area contributed by atoms with Crippen molar-refractivity contribution in [3.05, 3.63) is 71.2 Å². The van der Waals surface area contributed by atoms with Crippen molar-refractivity contribution in [1.82, 2.24) is 19.6 Å². The summed E-state index contributed by atoms with van der Waals surface area (Å²) in [6, 6.07) is 10.7. The van der Waals surface area contributed by atoms with Crippen LogP contribution >= 0.6 is 0 Å². The van der Waals surface area contributed by atoms with Crippen LogP contribution in [0.5, 0.6) is 0 Å². The number of likely N-dealkylation sites (tertiary alicyclic amines) is 1. The number of fused-ring (bicyclic) bond motifs is 1. The summed E-state index contributed by atoms with van der Waals surface area (Å²) >= 11 is 0. The van der Waals surface area contributed by atoms with E-state index in [-0.39, 0.29) is 0 Å². The van der Waals surface area contributed by atoms with Crippen LogP contribution in [0.1, 0.15) is 29.8 Å². The first-order valence-corrected chi connectivity index (χ1v) is 9.42. The molecule has 3 aromatic rings. The topological polar surface area (TPSA) is 32.6 Å². The molecule has 0 aliphatic carbocycles. The number of aromatic nitrogens is 2. The summed E-state index contributed by atoms with van der Waals surface area (Å²) in [5.41, 5.74) is 4.06. The van der Waals surface area contributed by atoms with Crippen molar-refractivity contribution in [2.45, 2.75) is 38.9 Å². The van der Waals surface area contributed by atoms with E-state index in [1.54, 1.807) is 6.07 Å². The summed E-state index contributed by atoms with van der Waals surface area (Å²) < 4.78 is 28.6. The van der Waals surface area contributed by atoms with Crippen molar-refractivity contribution in [3.63, 3.8) is 0 Å². The molecular weight excluding hydrogens is 346 g/mol. The third-order valence-electron chi connectivity index (χ3n) is 5.37. The first kappa shape index (κ1) is 18.1. The van der Waals surface area contributed by atoms with Crippen LogP contribution < -0.4 is 5.32 Å². The molecular formula is C21H24F2N4. The van der Waals surface area contributed by atoms with Crippen molar-refractivity contribution in [3.8, 4) is 0 Å². The molecule has 4 rings (SSSR count). The van der Waals surface area contributed by atoms with Gasteiger partial charge in [-0.2, -0.15) is 0 Å². The predicted molar refractivity (Wildman–Crippen MR) is 101 cm³/mol.